The Morgan fingerprint density at radius 2 is 2.14 bits per heavy atom. The van der Waals surface area contributed by atoms with Gasteiger partial charge in [0.15, 0.2) is 0 Å². The highest BCUT2D eigenvalue weighted by molar-refractivity contribution is 5.78. The number of nitrogens with zero attached hydrogens (tertiary/aromatic N) is 3. The average molecular weight is 292 g/mol. The molecule has 1 heterocycles. The lowest BCUT2D eigenvalue weighted by molar-refractivity contribution is 0.638. The highest BCUT2D eigenvalue weighted by Gasteiger charge is 2.21. The van der Waals surface area contributed by atoms with Gasteiger partial charge in [-0.1, -0.05) is 29.5 Å². The van der Waals surface area contributed by atoms with E-state index in [0.717, 1.165) is 23.3 Å². The van der Waals surface area contributed by atoms with E-state index in [1.807, 2.05) is 7.05 Å². The summed E-state index contributed by atoms with van der Waals surface area (Å²) in [5.74, 6) is 0.698. The van der Waals surface area contributed by atoms with Crippen molar-refractivity contribution in [1.29, 1.82) is 0 Å². The summed E-state index contributed by atoms with van der Waals surface area (Å²) >= 11 is 0. The Morgan fingerprint density at radius 1 is 1.23 bits per heavy atom. The second kappa shape index (κ2) is 5.44. The summed E-state index contributed by atoms with van der Waals surface area (Å²) in [6.07, 6.45) is 3.69. The quantitative estimate of drug-likeness (QED) is 0.800. The molecule has 1 aromatic heterocycles. The van der Waals surface area contributed by atoms with E-state index in [1.54, 1.807) is 10.2 Å². The minimum absolute atomic E-state index is 0.698. The zero-order valence-corrected chi connectivity index (χ0v) is 12.8. The van der Waals surface area contributed by atoms with Crippen molar-refractivity contribution in [2.45, 2.75) is 25.2 Å². The first-order valence-corrected chi connectivity index (χ1v) is 7.92. The van der Waals surface area contributed by atoms with Crippen molar-refractivity contribution in [3.05, 3.63) is 53.6 Å². The zero-order valence-electron chi connectivity index (χ0n) is 12.8. The van der Waals surface area contributed by atoms with E-state index in [4.69, 9.17) is 0 Å². The van der Waals surface area contributed by atoms with E-state index in [2.05, 4.69) is 58.1 Å². The molecule has 0 radical (unpaired) electrons. The summed E-state index contributed by atoms with van der Waals surface area (Å²) in [5.41, 5.74) is 6.22. The van der Waals surface area contributed by atoms with E-state index in [-0.39, 0.29) is 0 Å². The molecule has 1 N–H and O–H groups in total. The molecule has 1 unspecified atom stereocenters. The fraction of sp³-hybridized carbons (Fsp3) is 0.333. The lowest BCUT2D eigenvalue weighted by Crippen LogP contribution is -2.06. The van der Waals surface area contributed by atoms with Crippen molar-refractivity contribution in [2.24, 2.45) is 7.05 Å². The summed E-state index contributed by atoms with van der Waals surface area (Å²) in [6, 6.07) is 15.1. The van der Waals surface area contributed by atoms with Crippen molar-refractivity contribution in [3.8, 4) is 0 Å². The van der Waals surface area contributed by atoms with Gasteiger partial charge in [0.05, 0.1) is 5.52 Å². The van der Waals surface area contributed by atoms with Crippen LogP contribution in [-0.4, -0.2) is 21.5 Å². The number of aromatic nitrogens is 3. The average Bonchev–Trinajstić information content (AvgIpc) is 3.12. The Balaban J connectivity index is 1.40. The Morgan fingerprint density at radius 3 is 3.09 bits per heavy atom. The largest absolute Gasteiger partial charge is 0.385 e. The molecule has 1 aliphatic carbocycles. The van der Waals surface area contributed by atoms with Gasteiger partial charge in [-0.2, -0.15) is 0 Å². The SMILES string of the molecule is Cn1nnc2cc(NCCC3CCc4ccccc43)ccc21. The molecule has 4 nitrogen and oxygen atoms in total. The molecular weight excluding hydrogens is 272 g/mol. The Hall–Kier alpha value is -2.36. The van der Waals surface area contributed by atoms with Gasteiger partial charge < -0.3 is 5.32 Å². The number of nitrogens with one attached hydrogen (secondary N) is 1. The van der Waals surface area contributed by atoms with Crippen LogP contribution >= 0.6 is 0 Å². The first-order valence-electron chi connectivity index (χ1n) is 7.92. The molecular formula is C18H20N4. The van der Waals surface area contributed by atoms with Gasteiger partial charge in [-0.3, -0.25) is 0 Å². The summed E-state index contributed by atoms with van der Waals surface area (Å²) in [4.78, 5) is 0. The fourth-order valence-corrected chi connectivity index (χ4v) is 3.49. The second-order valence-corrected chi connectivity index (χ2v) is 6.07. The number of hydrogen-bond acceptors (Lipinski definition) is 3. The Labute approximate surface area is 130 Å². The van der Waals surface area contributed by atoms with E-state index in [1.165, 1.54) is 24.8 Å². The highest BCUT2D eigenvalue weighted by atomic mass is 15.4. The molecule has 0 bridgehead atoms. The standard InChI is InChI=1S/C18H20N4/c1-22-18-9-8-15(12-17(18)20-21-22)19-11-10-14-7-6-13-4-2-3-5-16(13)14/h2-5,8-9,12,14,19H,6-7,10-11H2,1H3. The van der Waals surface area contributed by atoms with Gasteiger partial charge in [0.1, 0.15) is 5.52 Å². The van der Waals surface area contributed by atoms with Crippen LogP contribution in [0, 0.1) is 0 Å². The Bertz CT molecular complexity index is 806. The molecule has 2 aromatic carbocycles. The Kier molecular flexibility index (Phi) is 3.29. The second-order valence-electron chi connectivity index (χ2n) is 6.07. The van der Waals surface area contributed by atoms with E-state index >= 15 is 0 Å². The molecule has 0 aliphatic heterocycles. The molecule has 0 saturated carbocycles. The van der Waals surface area contributed by atoms with Crippen LogP contribution in [0.1, 0.15) is 29.9 Å². The van der Waals surface area contributed by atoms with Crippen LogP contribution in [0.4, 0.5) is 5.69 Å². The first-order chi connectivity index (χ1) is 10.8. The van der Waals surface area contributed by atoms with Crippen LogP contribution in [0.15, 0.2) is 42.5 Å². The van der Waals surface area contributed by atoms with E-state index in [9.17, 15) is 0 Å². The molecule has 0 fully saturated rings. The summed E-state index contributed by atoms with van der Waals surface area (Å²) in [5, 5.41) is 11.7. The van der Waals surface area contributed by atoms with Gasteiger partial charge in [-0.05, 0) is 54.5 Å². The third-order valence-electron chi connectivity index (χ3n) is 4.69. The van der Waals surface area contributed by atoms with Crippen LogP contribution in [0.2, 0.25) is 0 Å². The zero-order chi connectivity index (χ0) is 14.9. The maximum absolute atomic E-state index is 4.17. The third-order valence-corrected chi connectivity index (χ3v) is 4.69. The first kappa shape index (κ1) is 13.3. The van der Waals surface area contributed by atoms with Gasteiger partial charge in [0.25, 0.3) is 0 Å². The number of fused-ring (bicyclic) bond motifs is 2. The van der Waals surface area contributed by atoms with Crippen molar-refractivity contribution in [2.75, 3.05) is 11.9 Å². The van der Waals surface area contributed by atoms with Crippen LogP contribution in [0.5, 0.6) is 0 Å². The van der Waals surface area contributed by atoms with Crippen molar-refractivity contribution in [1.82, 2.24) is 15.0 Å². The summed E-state index contributed by atoms with van der Waals surface area (Å²) in [6.45, 7) is 0.991. The lowest BCUT2D eigenvalue weighted by atomic mass is 9.98. The lowest BCUT2D eigenvalue weighted by Gasteiger charge is -2.13. The van der Waals surface area contributed by atoms with Crippen LogP contribution in [-0.2, 0) is 13.5 Å². The van der Waals surface area contributed by atoms with Crippen molar-refractivity contribution in [3.63, 3.8) is 0 Å². The summed E-state index contributed by atoms with van der Waals surface area (Å²) in [7, 11) is 1.92. The third kappa shape index (κ3) is 2.34. The number of anilines is 1. The van der Waals surface area contributed by atoms with Gasteiger partial charge in [0, 0.05) is 19.3 Å². The molecule has 0 saturated heterocycles. The van der Waals surface area contributed by atoms with Gasteiger partial charge in [-0.15, -0.1) is 5.10 Å². The molecule has 1 aliphatic rings. The number of benzene rings is 2. The maximum atomic E-state index is 4.17. The smallest absolute Gasteiger partial charge is 0.115 e. The minimum atomic E-state index is 0.698. The normalized spacial score (nSPS) is 16.9. The van der Waals surface area contributed by atoms with Gasteiger partial charge in [-0.25, -0.2) is 4.68 Å². The molecule has 1 atom stereocenters. The highest BCUT2D eigenvalue weighted by Crippen LogP contribution is 2.35. The van der Waals surface area contributed by atoms with E-state index in [0.29, 0.717) is 5.92 Å². The van der Waals surface area contributed by atoms with Gasteiger partial charge in [0.2, 0.25) is 0 Å². The predicted octanol–water partition coefficient (Wildman–Crippen LogP) is 3.50. The molecule has 0 spiro atoms. The number of hydrogen-bond donors (Lipinski definition) is 1. The molecule has 3 aromatic rings. The van der Waals surface area contributed by atoms with Crippen molar-refractivity contribution < 1.29 is 0 Å². The monoisotopic (exact) mass is 292 g/mol. The molecule has 4 rings (SSSR count). The summed E-state index contributed by atoms with van der Waals surface area (Å²) < 4.78 is 1.80. The molecule has 22 heavy (non-hydrogen) atoms. The fourth-order valence-electron chi connectivity index (χ4n) is 3.49. The van der Waals surface area contributed by atoms with Crippen LogP contribution < -0.4 is 5.32 Å². The topological polar surface area (TPSA) is 42.7 Å². The molecule has 112 valence electrons. The van der Waals surface area contributed by atoms with Crippen LogP contribution in [0.3, 0.4) is 0 Å². The van der Waals surface area contributed by atoms with Gasteiger partial charge >= 0.3 is 0 Å². The number of rotatable bonds is 4. The van der Waals surface area contributed by atoms with E-state index < -0.39 is 0 Å². The maximum Gasteiger partial charge on any atom is 0.115 e. The van der Waals surface area contributed by atoms with Crippen molar-refractivity contribution >= 4 is 16.7 Å². The molecule has 0 amide bonds. The molecule has 4 heteroatoms. The minimum Gasteiger partial charge on any atom is -0.385 e. The predicted molar refractivity (Wildman–Crippen MR) is 89.1 cm³/mol. The number of aryl methyl sites for hydroxylation is 2. The van der Waals surface area contributed by atoms with Crippen LogP contribution in [0.25, 0.3) is 11.0 Å².